The van der Waals surface area contributed by atoms with E-state index in [4.69, 9.17) is 9.15 Å². The normalized spacial score (nSPS) is 11.0. The summed E-state index contributed by atoms with van der Waals surface area (Å²) in [6, 6.07) is 9.78. The summed E-state index contributed by atoms with van der Waals surface area (Å²) < 4.78 is 10.9. The van der Waals surface area contributed by atoms with E-state index < -0.39 is 0 Å². The number of hydrogen-bond acceptors (Lipinski definition) is 2. The van der Waals surface area contributed by atoms with Crippen LogP contribution in [0.5, 0.6) is 5.95 Å². The maximum absolute atomic E-state index is 5.46. The topological polar surface area (TPSA) is 22.4 Å². The van der Waals surface area contributed by atoms with Crippen LogP contribution in [-0.4, -0.2) is 6.10 Å². The number of ether oxygens (including phenoxy) is 1. The summed E-state index contributed by atoms with van der Waals surface area (Å²) in [5.74, 6) is 0.594. The van der Waals surface area contributed by atoms with Crippen LogP contribution in [0.4, 0.5) is 0 Å². The Balaban J connectivity index is 2.38. The number of para-hydroxylation sites is 1. The zero-order chi connectivity index (χ0) is 9.26. The first-order valence-electron chi connectivity index (χ1n) is 4.41. The highest BCUT2D eigenvalue weighted by Crippen LogP contribution is 2.24. The molecule has 1 heterocycles. The summed E-state index contributed by atoms with van der Waals surface area (Å²) in [6.07, 6.45) is 0.153. The van der Waals surface area contributed by atoms with Crippen molar-refractivity contribution >= 4 is 11.0 Å². The van der Waals surface area contributed by atoms with Gasteiger partial charge in [-0.05, 0) is 19.9 Å². The van der Waals surface area contributed by atoms with Crippen molar-refractivity contribution in [2.75, 3.05) is 0 Å². The van der Waals surface area contributed by atoms with Gasteiger partial charge < -0.3 is 9.15 Å². The van der Waals surface area contributed by atoms with Crippen LogP contribution in [0.15, 0.2) is 34.7 Å². The number of rotatable bonds is 2. The minimum atomic E-state index is 0.153. The van der Waals surface area contributed by atoms with Crippen molar-refractivity contribution in [3.8, 4) is 5.95 Å². The SMILES string of the molecule is CC(C)Oc1cc2ccccc2o1. The van der Waals surface area contributed by atoms with E-state index in [1.807, 2.05) is 44.2 Å². The second kappa shape index (κ2) is 3.13. The molecule has 2 rings (SSSR count). The van der Waals surface area contributed by atoms with Gasteiger partial charge in [-0.25, -0.2) is 0 Å². The summed E-state index contributed by atoms with van der Waals surface area (Å²) in [7, 11) is 0. The van der Waals surface area contributed by atoms with Crippen LogP contribution in [0, 0.1) is 0 Å². The van der Waals surface area contributed by atoms with Crippen molar-refractivity contribution in [3.05, 3.63) is 30.3 Å². The Labute approximate surface area is 77.1 Å². The Bertz CT molecular complexity index is 368. The first-order valence-corrected chi connectivity index (χ1v) is 4.41. The van der Waals surface area contributed by atoms with E-state index in [1.54, 1.807) is 0 Å². The van der Waals surface area contributed by atoms with Gasteiger partial charge in [0.1, 0.15) is 5.58 Å². The Morgan fingerprint density at radius 3 is 2.69 bits per heavy atom. The molecule has 2 heteroatoms. The van der Waals surface area contributed by atoms with Crippen LogP contribution < -0.4 is 4.74 Å². The van der Waals surface area contributed by atoms with Gasteiger partial charge in [0, 0.05) is 11.5 Å². The smallest absolute Gasteiger partial charge is 0.285 e. The van der Waals surface area contributed by atoms with Crippen LogP contribution >= 0.6 is 0 Å². The van der Waals surface area contributed by atoms with Crippen LogP contribution in [-0.2, 0) is 0 Å². The molecule has 0 aliphatic carbocycles. The van der Waals surface area contributed by atoms with E-state index in [9.17, 15) is 0 Å². The van der Waals surface area contributed by atoms with Crippen molar-refractivity contribution in [1.29, 1.82) is 0 Å². The van der Waals surface area contributed by atoms with Gasteiger partial charge in [0.25, 0.3) is 5.95 Å². The zero-order valence-electron chi connectivity index (χ0n) is 7.78. The molecule has 0 atom stereocenters. The van der Waals surface area contributed by atoms with E-state index in [0.717, 1.165) is 11.0 Å². The zero-order valence-corrected chi connectivity index (χ0v) is 7.78. The third-order valence-electron chi connectivity index (χ3n) is 1.75. The molecule has 13 heavy (non-hydrogen) atoms. The van der Waals surface area contributed by atoms with E-state index >= 15 is 0 Å². The van der Waals surface area contributed by atoms with E-state index in [2.05, 4.69) is 0 Å². The van der Waals surface area contributed by atoms with Crippen molar-refractivity contribution in [3.63, 3.8) is 0 Å². The van der Waals surface area contributed by atoms with E-state index in [0.29, 0.717) is 5.95 Å². The standard InChI is InChI=1S/C11H12O2/c1-8(2)12-11-7-9-5-3-4-6-10(9)13-11/h3-8H,1-2H3. The molecule has 0 radical (unpaired) electrons. The maximum atomic E-state index is 5.46. The number of benzene rings is 1. The fourth-order valence-electron chi connectivity index (χ4n) is 1.25. The predicted molar refractivity (Wildman–Crippen MR) is 52.0 cm³/mol. The summed E-state index contributed by atoms with van der Waals surface area (Å²) >= 11 is 0. The van der Waals surface area contributed by atoms with E-state index in [-0.39, 0.29) is 6.10 Å². The highest BCUT2D eigenvalue weighted by molar-refractivity contribution is 5.78. The summed E-state index contributed by atoms with van der Waals surface area (Å²) in [5.41, 5.74) is 0.873. The van der Waals surface area contributed by atoms with Gasteiger partial charge in [-0.1, -0.05) is 18.2 Å². The Kier molecular flexibility index (Phi) is 1.97. The number of furan rings is 1. The fourth-order valence-corrected chi connectivity index (χ4v) is 1.25. The largest absolute Gasteiger partial charge is 0.462 e. The van der Waals surface area contributed by atoms with Crippen LogP contribution in [0.1, 0.15) is 13.8 Å². The second-order valence-electron chi connectivity index (χ2n) is 3.27. The summed E-state index contributed by atoms with van der Waals surface area (Å²) in [5, 5.41) is 1.08. The second-order valence-corrected chi connectivity index (χ2v) is 3.27. The quantitative estimate of drug-likeness (QED) is 0.701. The molecule has 0 saturated heterocycles. The van der Waals surface area contributed by atoms with Gasteiger partial charge in [-0.15, -0.1) is 0 Å². The maximum Gasteiger partial charge on any atom is 0.285 e. The Morgan fingerprint density at radius 2 is 2.00 bits per heavy atom. The van der Waals surface area contributed by atoms with E-state index in [1.165, 1.54) is 0 Å². The summed E-state index contributed by atoms with van der Waals surface area (Å²) in [4.78, 5) is 0. The monoisotopic (exact) mass is 176 g/mol. The lowest BCUT2D eigenvalue weighted by Crippen LogP contribution is -2.04. The fraction of sp³-hybridized carbons (Fsp3) is 0.273. The first-order chi connectivity index (χ1) is 6.25. The van der Waals surface area contributed by atoms with Gasteiger partial charge in [-0.3, -0.25) is 0 Å². The molecule has 0 amide bonds. The highest BCUT2D eigenvalue weighted by atomic mass is 16.6. The van der Waals surface area contributed by atoms with Crippen molar-refractivity contribution in [2.45, 2.75) is 20.0 Å². The molecule has 0 aliphatic heterocycles. The molecule has 0 bridgehead atoms. The van der Waals surface area contributed by atoms with Crippen LogP contribution in [0.3, 0.4) is 0 Å². The molecule has 2 aromatic rings. The van der Waals surface area contributed by atoms with Gasteiger partial charge in [0.05, 0.1) is 6.10 Å². The van der Waals surface area contributed by atoms with Crippen molar-refractivity contribution in [2.24, 2.45) is 0 Å². The first kappa shape index (κ1) is 8.17. The van der Waals surface area contributed by atoms with Gasteiger partial charge in [-0.2, -0.15) is 0 Å². The molecular formula is C11H12O2. The molecule has 0 aliphatic rings. The molecule has 68 valence electrons. The molecule has 1 aromatic heterocycles. The molecule has 0 N–H and O–H groups in total. The molecule has 0 saturated carbocycles. The lowest BCUT2D eigenvalue weighted by Gasteiger charge is -2.03. The van der Waals surface area contributed by atoms with Crippen LogP contribution in [0.2, 0.25) is 0 Å². The van der Waals surface area contributed by atoms with Crippen molar-refractivity contribution in [1.82, 2.24) is 0 Å². The van der Waals surface area contributed by atoms with Gasteiger partial charge >= 0.3 is 0 Å². The lowest BCUT2D eigenvalue weighted by molar-refractivity contribution is 0.191. The molecule has 0 unspecified atom stereocenters. The van der Waals surface area contributed by atoms with Crippen molar-refractivity contribution < 1.29 is 9.15 Å². The predicted octanol–water partition coefficient (Wildman–Crippen LogP) is 3.22. The van der Waals surface area contributed by atoms with Crippen LogP contribution in [0.25, 0.3) is 11.0 Å². The lowest BCUT2D eigenvalue weighted by atomic mass is 10.3. The van der Waals surface area contributed by atoms with Gasteiger partial charge in [0.15, 0.2) is 0 Å². The third kappa shape index (κ3) is 1.66. The summed E-state index contributed by atoms with van der Waals surface area (Å²) in [6.45, 7) is 3.96. The molecule has 0 spiro atoms. The Hall–Kier alpha value is -1.44. The average molecular weight is 176 g/mol. The molecule has 0 fully saturated rings. The molecule has 1 aromatic carbocycles. The highest BCUT2D eigenvalue weighted by Gasteiger charge is 2.04. The molecular weight excluding hydrogens is 164 g/mol. The molecule has 2 nitrogen and oxygen atoms in total. The van der Waals surface area contributed by atoms with Gasteiger partial charge in [0.2, 0.25) is 0 Å². The third-order valence-corrected chi connectivity index (χ3v) is 1.75. The number of hydrogen-bond donors (Lipinski definition) is 0. The number of fused-ring (bicyclic) bond motifs is 1. The minimum Gasteiger partial charge on any atom is -0.462 e. The average Bonchev–Trinajstić information content (AvgIpc) is 2.44. The minimum absolute atomic E-state index is 0.153. The Morgan fingerprint density at radius 1 is 1.23 bits per heavy atom.